The summed E-state index contributed by atoms with van der Waals surface area (Å²) in [4.78, 5) is 6.88. The van der Waals surface area contributed by atoms with E-state index < -0.39 is 0 Å². The van der Waals surface area contributed by atoms with Gasteiger partial charge in [0, 0.05) is 24.7 Å². The van der Waals surface area contributed by atoms with E-state index in [1.54, 1.807) is 6.07 Å². The maximum atomic E-state index is 6.32. The van der Waals surface area contributed by atoms with E-state index in [2.05, 4.69) is 26.1 Å². The molecule has 0 bridgehead atoms. The van der Waals surface area contributed by atoms with Gasteiger partial charge in [0.25, 0.3) is 0 Å². The molecule has 1 aliphatic rings. The average Bonchev–Trinajstić information content (AvgIpc) is 3.00. The molecule has 3 aromatic rings. The van der Waals surface area contributed by atoms with E-state index in [0.717, 1.165) is 48.2 Å². The summed E-state index contributed by atoms with van der Waals surface area (Å²) in [5.74, 6) is 0. The second-order valence-electron chi connectivity index (χ2n) is 6.11. The Kier molecular flexibility index (Phi) is 4.08. The van der Waals surface area contributed by atoms with Gasteiger partial charge < -0.3 is 10.6 Å². The number of benzene rings is 1. The van der Waals surface area contributed by atoms with Crippen LogP contribution in [0.15, 0.2) is 30.5 Å². The molecule has 0 unspecified atom stereocenters. The molecule has 0 amide bonds. The number of hydrogen-bond donors (Lipinski definition) is 2. The molecule has 124 valence electrons. The lowest BCUT2D eigenvalue weighted by molar-refractivity contribution is 0.506. The second-order valence-corrected chi connectivity index (χ2v) is 6.90. The zero-order valence-electron chi connectivity index (χ0n) is 13.0. The van der Waals surface area contributed by atoms with E-state index in [1.165, 1.54) is 0 Å². The number of nitrogens with one attached hydrogen (secondary N) is 1. The van der Waals surface area contributed by atoms with Crippen LogP contribution in [0, 0.1) is 0 Å². The Morgan fingerprint density at radius 2 is 2.17 bits per heavy atom. The molecular formula is C17H17Cl2N5. The van der Waals surface area contributed by atoms with Crippen LogP contribution in [0.2, 0.25) is 10.0 Å². The zero-order chi connectivity index (χ0) is 16.7. The molecule has 0 radical (unpaired) electrons. The number of pyridine rings is 1. The minimum absolute atomic E-state index is 0.219. The summed E-state index contributed by atoms with van der Waals surface area (Å²) in [6.45, 7) is 1.86. The Morgan fingerprint density at radius 3 is 3.00 bits per heavy atom. The van der Waals surface area contributed by atoms with Crippen molar-refractivity contribution in [3.63, 3.8) is 0 Å². The van der Waals surface area contributed by atoms with Gasteiger partial charge in [-0.05, 0) is 25.0 Å². The number of piperidine rings is 1. The van der Waals surface area contributed by atoms with E-state index in [9.17, 15) is 0 Å². The molecule has 1 aliphatic heterocycles. The number of nitrogens with zero attached hydrogens (tertiary/aromatic N) is 3. The van der Waals surface area contributed by atoms with Crippen LogP contribution in [0.4, 0.5) is 5.69 Å². The highest BCUT2D eigenvalue weighted by atomic mass is 35.5. The van der Waals surface area contributed by atoms with Crippen molar-refractivity contribution in [2.75, 3.05) is 18.0 Å². The summed E-state index contributed by atoms with van der Waals surface area (Å²) in [7, 11) is 0. The smallest absolute Gasteiger partial charge is 0.120 e. The van der Waals surface area contributed by atoms with Crippen LogP contribution in [0.5, 0.6) is 0 Å². The highest BCUT2D eigenvalue weighted by Crippen LogP contribution is 2.35. The normalized spacial score (nSPS) is 18.3. The first-order chi connectivity index (χ1) is 11.6. The van der Waals surface area contributed by atoms with Gasteiger partial charge in [0.1, 0.15) is 11.2 Å². The van der Waals surface area contributed by atoms with Crippen LogP contribution < -0.4 is 10.6 Å². The Balaban J connectivity index is 1.74. The summed E-state index contributed by atoms with van der Waals surface area (Å²) in [6, 6.07) is 7.79. The van der Waals surface area contributed by atoms with E-state index in [0.29, 0.717) is 15.7 Å². The molecule has 1 aromatic carbocycles. The SMILES string of the molecule is N[C@@H]1CCCN(c2cnc3c(-c4cccc(Cl)c4Cl)n[nH]c3c2)C1. The van der Waals surface area contributed by atoms with Crippen LogP contribution in [-0.2, 0) is 0 Å². The molecule has 0 saturated carbocycles. The number of anilines is 1. The Labute approximate surface area is 149 Å². The molecule has 1 saturated heterocycles. The van der Waals surface area contributed by atoms with Crippen LogP contribution in [0.1, 0.15) is 12.8 Å². The molecule has 1 atom stereocenters. The van der Waals surface area contributed by atoms with Crippen molar-refractivity contribution in [1.29, 1.82) is 0 Å². The predicted octanol–water partition coefficient (Wildman–Crippen LogP) is 3.86. The van der Waals surface area contributed by atoms with Crippen molar-refractivity contribution in [2.45, 2.75) is 18.9 Å². The van der Waals surface area contributed by atoms with E-state index >= 15 is 0 Å². The molecule has 3 heterocycles. The maximum absolute atomic E-state index is 6.32. The number of hydrogen-bond acceptors (Lipinski definition) is 4. The number of H-pyrrole nitrogens is 1. The van der Waals surface area contributed by atoms with E-state index in [4.69, 9.17) is 28.9 Å². The van der Waals surface area contributed by atoms with Gasteiger partial charge in [-0.3, -0.25) is 10.1 Å². The van der Waals surface area contributed by atoms with Crippen LogP contribution >= 0.6 is 23.2 Å². The number of fused-ring (bicyclic) bond motifs is 1. The molecule has 3 N–H and O–H groups in total. The van der Waals surface area contributed by atoms with Gasteiger partial charge in [0.2, 0.25) is 0 Å². The van der Waals surface area contributed by atoms with Crippen molar-refractivity contribution >= 4 is 39.9 Å². The molecule has 5 nitrogen and oxygen atoms in total. The fourth-order valence-electron chi connectivity index (χ4n) is 3.19. The van der Waals surface area contributed by atoms with Gasteiger partial charge in [-0.25, -0.2) is 0 Å². The monoisotopic (exact) mass is 361 g/mol. The van der Waals surface area contributed by atoms with Gasteiger partial charge in [0.15, 0.2) is 0 Å². The third-order valence-corrected chi connectivity index (χ3v) is 5.23. The average molecular weight is 362 g/mol. The summed E-state index contributed by atoms with van der Waals surface area (Å²) in [6.07, 6.45) is 4.05. The van der Waals surface area contributed by atoms with Crippen LogP contribution in [0.25, 0.3) is 22.3 Å². The Bertz CT molecular complexity index is 892. The molecular weight excluding hydrogens is 345 g/mol. The van der Waals surface area contributed by atoms with Crippen molar-refractivity contribution in [1.82, 2.24) is 15.2 Å². The predicted molar refractivity (Wildman–Crippen MR) is 98.8 cm³/mol. The molecule has 0 spiro atoms. The van der Waals surface area contributed by atoms with Crippen LogP contribution in [0.3, 0.4) is 0 Å². The number of aromatic amines is 1. The number of rotatable bonds is 2. The molecule has 4 rings (SSSR count). The first-order valence-electron chi connectivity index (χ1n) is 7.92. The summed E-state index contributed by atoms with van der Waals surface area (Å²) in [5.41, 5.74) is 10.3. The van der Waals surface area contributed by atoms with Gasteiger partial charge in [0.05, 0.1) is 27.4 Å². The van der Waals surface area contributed by atoms with Crippen LogP contribution in [-0.4, -0.2) is 34.3 Å². The summed E-state index contributed by atoms with van der Waals surface area (Å²) < 4.78 is 0. The molecule has 0 aliphatic carbocycles. The van der Waals surface area contributed by atoms with Crippen molar-refractivity contribution in [2.24, 2.45) is 5.73 Å². The molecule has 7 heteroatoms. The second kappa shape index (κ2) is 6.24. The molecule has 24 heavy (non-hydrogen) atoms. The third-order valence-electron chi connectivity index (χ3n) is 4.42. The first-order valence-corrected chi connectivity index (χ1v) is 8.68. The summed E-state index contributed by atoms with van der Waals surface area (Å²) >= 11 is 12.4. The minimum atomic E-state index is 0.219. The lowest BCUT2D eigenvalue weighted by Crippen LogP contribution is -2.42. The Morgan fingerprint density at radius 1 is 1.29 bits per heavy atom. The maximum Gasteiger partial charge on any atom is 0.120 e. The lowest BCUT2D eigenvalue weighted by atomic mass is 10.1. The van der Waals surface area contributed by atoms with E-state index in [-0.39, 0.29) is 6.04 Å². The number of halogens is 2. The Hall–Kier alpha value is -1.82. The minimum Gasteiger partial charge on any atom is -0.369 e. The van der Waals surface area contributed by atoms with Crippen molar-refractivity contribution in [3.05, 3.63) is 40.5 Å². The van der Waals surface area contributed by atoms with E-state index in [1.807, 2.05) is 18.3 Å². The summed E-state index contributed by atoms with van der Waals surface area (Å²) in [5, 5.41) is 8.44. The zero-order valence-corrected chi connectivity index (χ0v) is 14.5. The van der Waals surface area contributed by atoms with Crippen molar-refractivity contribution in [3.8, 4) is 11.3 Å². The molecule has 2 aromatic heterocycles. The van der Waals surface area contributed by atoms with Gasteiger partial charge >= 0.3 is 0 Å². The van der Waals surface area contributed by atoms with Gasteiger partial charge in [-0.1, -0.05) is 35.3 Å². The van der Waals surface area contributed by atoms with Crippen molar-refractivity contribution < 1.29 is 0 Å². The number of aromatic nitrogens is 3. The van der Waals surface area contributed by atoms with Gasteiger partial charge in [-0.2, -0.15) is 5.10 Å². The topological polar surface area (TPSA) is 70.8 Å². The fraction of sp³-hybridized carbons (Fsp3) is 0.294. The standard InChI is InChI=1S/C17H17Cl2N5/c18-13-5-1-4-12(15(13)19)16-17-14(22-23-16)7-11(8-21-17)24-6-2-3-10(20)9-24/h1,4-5,7-8,10H,2-3,6,9,20H2,(H,22,23)/t10-/m1/s1. The third kappa shape index (κ3) is 2.73. The molecule has 1 fully saturated rings. The van der Waals surface area contributed by atoms with Gasteiger partial charge in [-0.15, -0.1) is 0 Å². The quantitative estimate of drug-likeness (QED) is 0.726. The fourth-order valence-corrected chi connectivity index (χ4v) is 3.58. The first kappa shape index (κ1) is 15.7. The lowest BCUT2D eigenvalue weighted by Gasteiger charge is -2.32. The largest absolute Gasteiger partial charge is 0.369 e. The highest BCUT2D eigenvalue weighted by molar-refractivity contribution is 6.43. The highest BCUT2D eigenvalue weighted by Gasteiger charge is 2.19. The number of nitrogens with two attached hydrogens (primary N) is 1.